The van der Waals surface area contributed by atoms with Crippen molar-refractivity contribution in [3.63, 3.8) is 0 Å². The number of hydrogen-bond acceptors (Lipinski definition) is 19. The van der Waals surface area contributed by atoms with E-state index in [1.807, 2.05) is 57.2 Å². The lowest BCUT2D eigenvalue weighted by Gasteiger charge is -2.34. The van der Waals surface area contributed by atoms with E-state index in [-0.39, 0.29) is 29.8 Å². The number of fused-ring (bicyclic) bond motifs is 2. The number of aromatic nitrogens is 4. The zero-order valence-corrected chi connectivity index (χ0v) is 54.0. The topological polar surface area (TPSA) is 254 Å². The molecule has 0 spiro atoms. The highest BCUT2D eigenvalue weighted by Crippen LogP contribution is 2.37. The summed E-state index contributed by atoms with van der Waals surface area (Å²) in [5.74, 6) is 3.36. The van der Waals surface area contributed by atoms with Crippen LogP contribution in [0, 0.1) is 0 Å². The van der Waals surface area contributed by atoms with Gasteiger partial charge >= 0.3 is 18.2 Å². The number of likely N-dealkylation sites (N-methyl/N-ethyl adjacent to an activating group) is 2. The third kappa shape index (κ3) is 17.4. The van der Waals surface area contributed by atoms with Gasteiger partial charge in [0.05, 0.1) is 75.7 Å². The van der Waals surface area contributed by atoms with Gasteiger partial charge in [-0.15, -0.1) is 0 Å². The molecular weight excluding hydrogens is 1170 g/mol. The van der Waals surface area contributed by atoms with Gasteiger partial charge in [-0.25, -0.2) is 24.4 Å². The summed E-state index contributed by atoms with van der Waals surface area (Å²) >= 11 is 5.82. The fourth-order valence-electron chi connectivity index (χ4n) is 10.4. The minimum atomic E-state index is -0.532. The van der Waals surface area contributed by atoms with Crippen LogP contribution in [0.1, 0.15) is 56.9 Å². The standard InChI is InChI=1S/C31H38N8O4.C18H30N4O2.C15H15ClN4O3/c1-6-28(40)33-27-14-21(19-38-12-10-37(7-2)11-13-38)8-9-26(27)34-30-32-18-22-20-39(31(41)36(3)29(22)35-30)23-15-24(42-4)17-25(16-23)43-5;1-5-21-8-10-22(11-9-21)13-14-6-7-15(19)16(12-14)20-17(23)24-18(2,3)4;1-19-13-9(7-17-14(16)18-13)8-20(15(19)21)10-4-11(22-2)6-12(5-10)23-3/h6,8-9,14-18H,1,7,10-13,19-20H2,2-5H3,(H,33,40)(H,32,34,35);6-7,12H,5,8-11,13,19H2,1-4H3,(H,20,23);4-7H,8H2,1-3H3. The van der Waals surface area contributed by atoms with Gasteiger partial charge in [0.25, 0.3) is 0 Å². The number of carbonyl (C=O) groups excluding carboxylic acids is 4. The summed E-state index contributed by atoms with van der Waals surface area (Å²) in [6.45, 7) is 26.4. The minimum Gasteiger partial charge on any atom is -0.497 e. The van der Waals surface area contributed by atoms with Gasteiger partial charge in [0.1, 0.15) is 40.2 Å². The van der Waals surface area contributed by atoms with Crippen LogP contribution in [0.3, 0.4) is 0 Å². The number of amides is 6. The van der Waals surface area contributed by atoms with E-state index in [0.717, 1.165) is 101 Å². The van der Waals surface area contributed by atoms with Crippen LogP contribution >= 0.6 is 11.6 Å². The highest BCUT2D eigenvalue weighted by Gasteiger charge is 2.33. The normalized spacial score (nSPS) is 15.5. The van der Waals surface area contributed by atoms with E-state index < -0.39 is 11.7 Å². The average Bonchev–Trinajstić information content (AvgIpc) is 1.53. The summed E-state index contributed by atoms with van der Waals surface area (Å²) in [5.41, 5.74) is 12.9. The van der Waals surface area contributed by atoms with E-state index in [0.29, 0.717) is 81.3 Å². The van der Waals surface area contributed by atoms with Crippen LogP contribution in [0.4, 0.5) is 66.1 Å². The first kappa shape index (κ1) is 66.9. The number of rotatable bonds is 17. The zero-order valence-electron chi connectivity index (χ0n) is 53.3. The van der Waals surface area contributed by atoms with E-state index in [9.17, 15) is 19.2 Å². The number of nitrogen functional groups attached to an aromatic ring is 1. The molecule has 4 aromatic carbocycles. The maximum Gasteiger partial charge on any atom is 0.412 e. The van der Waals surface area contributed by atoms with Crippen LogP contribution in [-0.2, 0) is 35.7 Å². The fraction of sp³-hybridized carbons (Fsp3) is 0.406. The highest BCUT2D eigenvalue weighted by molar-refractivity contribution is 6.28. The Morgan fingerprint density at radius 1 is 0.611 bits per heavy atom. The second kappa shape index (κ2) is 30.5. The van der Waals surface area contributed by atoms with Crippen LogP contribution in [0.2, 0.25) is 5.28 Å². The predicted octanol–water partition coefficient (Wildman–Crippen LogP) is 9.55. The molecule has 0 saturated carbocycles. The van der Waals surface area contributed by atoms with Crippen molar-refractivity contribution in [1.29, 1.82) is 0 Å². The van der Waals surface area contributed by atoms with Crippen molar-refractivity contribution in [1.82, 2.24) is 39.5 Å². The molecule has 480 valence electrons. The third-order valence-corrected chi connectivity index (χ3v) is 15.6. The highest BCUT2D eigenvalue weighted by atomic mass is 35.5. The molecule has 0 unspecified atom stereocenters. The number of nitrogens with two attached hydrogens (primary N) is 1. The van der Waals surface area contributed by atoms with Gasteiger partial charge in [0, 0.05) is 139 Å². The van der Waals surface area contributed by atoms with E-state index in [1.54, 1.807) is 101 Å². The number of ether oxygens (including phenoxy) is 5. The minimum absolute atomic E-state index is 0.111. The first-order valence-corrected chi connectivity index (χ1v) is 30.0. The largest absolute Gasteiger partial charge is 0.497 e. The summed E-state index contributed by atoms with van der Waals surface area (Å²) < 4.78 is 26.6. The number of anilines is 9. The summed E-state index contributed by atoms with van der Waals surface area (Å²) in [7, 11) is 9.58. The Labute approximate surface area is 531 Å². The number of piperazine rings is 2. The molecule has 0 atom stereocenters. The van der Waals surface area contributed by atoms with Gasteiger partial charge in [-0.3, -0.25) is 39.5 Å². The summed E-state index contributed by atoms with van der Waals surface area (Å²) in [6, 6.07) is 21.8. The number of carbonyl (C=O) groups is 4. The molecule has 0 radical (unpaired) electrons. The van der Waals surface area contributed by atoms with Crippen molar-refractivity contribution < 1.29 is 42.9 Å². The SMILES string of the molecule is C=CC(=O)Nc1cc(CN2CCN(CC)CC2)ccc1Nc1ncc2c(n1)N(C)C(=O)N(c1cc(OC)cc(OC)c1)C2.CCN1CCN(Cc2ccc(N)c(NC(=O)OC(C)(C)C)c2)CC1.COc1cc(OC)cc(N2Cc3cnc(Cl)nc3N(C)C2=O)c1. The van der Waals surface area contributed by atoms with Crippen LogP contribution in [-0.4, -0.2) is 177 Å². The number of hydrogen-bond donors (Lipinski definition) is 4. The van der Waals surface area contributed by atoms with Crippen molar-refractivity contribution in [3.05, 3.63) is 125 Å². The molecule has 6 heterocycles. The average molecular weight is 1260 g/mol. The Balaban J connectivity index is 0.000000189. The molecule has 4 aliphatic rings. The Bertz CT molecular complexity index is 3480. The van der Waals surface area contributed by atoms with Crippen LogP contribution in [0.5, 0.6) is 23.0 Å². The van der Waals surface area contributed by atoms with Crippen molar-refractivity contribution >= 4 is 87.4 Å². The molecule has 10 rings (SSSR count). The molecule has 2 fully saturated rings. The molecular formula is C64H83ClN16O9. The molecule has 6 aromatic rings. The number of methoxy groups -OCH3 is 4. The molecule has 6 amide bonds. The summed E-state index contributed by atoms with van der Waals surface area (Å²) in [6.07, 6.45) is 4.07. The Morgan fingerprint density at radius 2 is 1.06 bits per heavy atom. The maximum absolute atomic E-state index is 13.4. The summed E-state index contributed by atoms with van der Waals surface area (Å²) in [5, 5.41) is 8.99. The first-order valence-electron chi connectivity index (χ1n) is 29.7. The number of benzene rings is 4. The quantitative estimate of drug-likeness (QED) is 0.0377. The van der Waals surface area contributed by atoms with Crippen LogP contribution in [0.25, 0.3) is 0 Å². The molecule has 26 heteroatoms. The molecule has 0 bridgehead atoms. The Hall–Kier alpha value is -9.01. The lowest BCUT2D eigenvalue weighted by atomic mass is 10.1. The molecule has 25 nitrogen and oxygen atoms in total. The number of halogens is 1. The van der Waals surface area contributed by atoms with Crippen LogP contribution < -0.4 is 60.2 Å². The molecule has 90 heavy (non-hydrogen) atoms. The van der Waals surface area contributed by atoms with E-state index in [1.165, 1.54) is 15.9 Å². The second-order valence-corrected chi connectivity index (χ2v) is 23.0. The van der Waals surface area contributed by atoms with Gasteiger partial charge in [-0.2, -0.15) is 9.97 Å². The van der Waals surface area contributed by atoms with E-state index >= 15 is 0 Å². The number of nitrogens with zero attached hydrogens (tertiary/aromatic N) is 12. The lowest BCUT2D eigenvalue weighted by Crippen LogP contribution is -2.46. The van der Waals surface area contributed by atoms with Gasteiger partial charge in [-0.1, -0.05) is 32.6 Å². The van der Waals surface area contributed by atoms with Gasteiger partial charge in [-0.05, 0) is 86.9 Å². The molecule has 2 aromatic heterocycles. The van der Waals surface area contributed by atoms with Gasteiger partial charge < -0.3 is 49.9 Å². The molecule has 5 N–H and O–H groups in total. The Morgan fingerprint density at radius 3 is 1.51 bits per heavy atom. The van der Waals surface area contributed by atoms with Crippen molar-refractivity contribution in [2.24, 2.45) is 0 Å². The first-order chi connectivity index (χ1) is 43.1. The number of urea groups is 2. The fourth-order valence-corrected chi connectivity index (χ4v) is 10.6. The van der Waals surface area contributed by atoms with E-state index in [2.05, 4.69) is 75.9 Å². The lowest BCUT2D eigenvalue weighted by molar-refractivity contribution is -0.111. The zero-order chi connectivity index (χ0) is 64.8. The van der Waals surface area contributed by atoms with Crippen LogP contribution in [0.15, 0.2) is 97.8 Å². The molecule has 0 aliphatic carbocycles. The Kier molecular flexibility index (Phi) is 22.7. The summed E-state index contributed by atoms with van der Waals surface area (Å²) in [4.78, 5) is 83.5. The van der Waals surface area contributed by atoms with Crippen molar-refractivity contribution in [2.75, 3.05) is 149 Å². The van der Waals surface area contributed by atoms with Gasteiger partial charge in [0.2, 0.25) is 17.1 Å². The maximum atomic E-state index is 13.4. The third-order valence-electron chi connectivity index (χ3n) is 15.4. The smallest absolute Gasteiger partial charge is 0.412 e. The van der Waals surface area contributed by atoms with Gasteiger partial charge in [0.15, 0.2) is 0 Å². The van der Waals surface area contributed by atoms with E-state index in [4.69, 9.17) is 41.0 Å². The van der Waals surface area contributed by atoms with Crippen molar-refractivity contribution in [3.8, 4) is 23.0 Å². The van der Waals surface area contributed by atoms with Crippen molar-refractivity contribution in [2.45, 2.75) is 66.4 Å². The monoisotopic (exact) mass is 1250 g/mol. The number of nitrogens with one attached hydrogen (secondary N) is 3. The molecule has 2 saturated heterocycles. The predicted molar refractivity (Wildman–Crippen MR) is 352 cm³/mol. The second-order valence-electron chi connectivity index (χ2n) is 22.7. The molecule has 4 aliphatic heterocycles.